The zero-order valence-corrected chi connectivity index (χ0v) is 20.7. The highest BCUT2D eigenvalue weighted by atomic mass is 16.2. The Morgan fingerprint density at radius 3 is 2.33 bits per heavy atom. The number of amides is 2. The normalized spacial score (nSPS) is 14.8. The second kappa shape index (κ2) is 10.2. The summed E-state index contributed by atoms with van der Waals surface area (Å²) in [5.74, 6) is -0.00474. The van der Waals surface area contributed by atoms with Crippen molar-refractivity contribution >= 4 is 11.8 Å². The Morgan fingerprint density at radius 1 is 0.944 bits per heavy atom. The molecule has 0 saturated carbocycles. The van der Waals surface area contributed by atoms with E-state index in [4.69, 9.17) is 5.10 Å². The molecule has 3 aromatic carbocycles. The van der Waals surface area contributed by atoms with Crippen LogP contribution in [0.1, 0.15) is 36.1 Å². The maximum Gasteiger partial charge on any atom is 0.225 e. The third-order valence-corrected chi connectivity index (χ3v) is 6.88. The summed E-state index contributed by atoms with van der Waals surface area (Å²) in [5.41, 5.74) is 6.08. The molecule has 0 saturated heterocycles. The molecular formula is C30H30N4O2. The predicted octanol–water partition coefficient (Wildman–Crippen LogP) is 5.03. The van der Waals surface area contributed by atoms with E-state index in [2.05, 4.69) is 6.07 Å². The lowest BCUT2D eigenvalue weighted by Gasteiger charge is -2.37. The molecule has 0 radical (unpaired) electrons. The largest absolute Gasteiger partial charge is 0.341 e. The Bertz CT molecular complexity index is 1360. The van der Waals surface area contributed by atoms with Crippen LogP contribution in [0.2, 0.25) is 0 Å². The highest BCUT2D eigenvalue weighted by Gasteiger charge is 2.31. The van der Waals surface area contributed by atoms with E-state index in [1.807, 2.05) is 102 Å². The van der Waals surface area contributed by atoms with Gasteiger partial charge in [0.05, 0.1) is 23.8 Å². The predicted molar refractivity (Wildman–Crippen MR) is 140 cm³/mol. The molecule has 4 aromatic rings. The molecule has 1 aliphatic rings. The molecule has 6 heteroatoms. The first-order valence-electron chi connectivity index (χ1n) is 12.3. The lowest BCUT2D eigenvalue weighted by molar-refractivity contribution is -0.136. The van der Waals surface area contributed by atoms with Crippen molar-refractivity contribution in [3.8, 4) is 16.9 Å². The number of carbonyl (C=O) groups is 2. The summed E-state index contributed by atoms with van der Waals surface area (Å²) in [6.45, 7) is 2.64. The van der Waals surface area contributed by atoms with Crippen LogP contribution in [0.5, 0.6) is 0 Å². The van der Waals surface area contributed by atoms with Gasteiger partial charge in [0, 0.05) is 44.4 Å². The zero-order valence-electron chi connectivity index (χ0n) is 20.7. The molecule has 1 atom stereocenters. The monoisotopic (exact) mass is 478 g/mol. The van der Waals surface area contributed by atoms with E-state index in [0.717, 1.165) is 34.5 Å². The minimum atomic E-state index is -0.247. The maximum absolute atomic E-state index is 13.5. The Kier molecular flexibility index (Phi) is 6.67. The molecule has 1 unspecified atom stereocenters. The minimum Gasteiger partial charge on any atom is -0.341 e. The van der Waals surface area contributed by atoms with Crippen molar-refractivity contribution in [2.45, 2.75) is 32.4 Å². The van der Waals surface area contributed by atoms with Gasteiger partial charge in [0.2, 0.25) is 11.8 Å². The second-order valence-corrected chi connectivity index (χ2v) is 9.28. The third kappa shape index (κ3) is 4.80. The lowest BCUT2D eigenvalue weighted by Crippen LogP contribution is -2.41. The van der Waals surface area contributed by atoms with Crippen molar-refractivity contribution in [3.63, 3.8) is 0 Å². The van der Waals surface area contributed by atoms with Crippen molar-refractivity contribution in [1.82, 2.24) is 19.6 Å². The number of aromatic nitrogens is 2. The molecule has 0 fully saturated rings. The van der Waals surface area contributed by atoms with E-state index >= 15 is 0 Å². The van der Waals surface area contributed by atoms with Crippen molar-refractivity contribution in [1.29, 1.82) is 0 Å². The molecule has 6 nitrogen and oxygen atoms in total. The number of nitrogens with zero attached hydrogens (tertiary/aromatic N) is 4. The summed E-state index contributed by atoms with van der Waals surface area (Å²) in [6, 6.07) is 27.9. The number of benzene rings is 3. The fraction of sp³-hybridized carbons (Fsp3) is 0.233. The van der Waals surface area contributed by atoms with Crippen molar-refractivity contribution in [2.75, 3.05) is 13.6 Å². The van der Waals surface area contributed by atoms with Crippen LogP contribution < -0.4 is 0 Å². The minimum absolute atomic E-state index is 0.000424. The van der Waals surface area contributed by atoms with Gasteiger partial charge in [-0.2, -0.15) is 5.10 Å². The van der Waals surface area contributed by atoms with Crippen LogP contribution in [-0.2, 0) is 22.6 Å². The van der Waals surface area contributed by atoms with Gasteiger partial charge in [0.15, 0.2) is 0 Å². The molecule has 2 heterocycles. The number of carbonyl (C=O) groups excluding carboxylic acids is 2. The Labute approximate surface area is 211 Å². The molecule has 0 aliphatic carbocycles. The van der Waals surface area contributed by atoms with Crippen LogP contribution in [0.4, 0.5) is 0 Å². The maximum atomic E-state index is 13.5. The van der Waals surface area contributed by atoms with Crippen molar-refractivity contribution in [2.24, 2.45) is 0 Å². The molecule has 36 heavy (non-hydrogen) atoms. The van der Waals surface area contributed by atoms with Gasteiger partial charge in [-0.25, -0.2) is 4.68 Å². The Morgan fingerprint density at radius 2 is 1.61 bits per heavy atom. The van der Waals surface area contributed by atoms with E-state index in [1.54, 1.807) is 11.8 Å². The highest BCUT2D eigenvalue weighted by molar-refractivity contribution is 5.80. The topological polar surface area (TPSA) is 58.4 Å². The van der Waals surface area contributed by atoms with Crippen LogP contribution in [0.3, 0.4) is 0 Å². The van der Waals surface area contributed by atoms with Gasteiger partial charge in [0.25, 0.3) is 0 Å². The van der Waals surface area contributed by atoms with Crippen LogP contribution in [0, 0.1) is 0 Å². The third-order valence-electron chi connectivity index (χ3n) is 6.88. The van der Waals surface area contributed by atoms with Gasteiger partial charge in [-0.15, -0.1) is 0 Å². The molecule has 2 amide bonds. The van der Waals surface area contributed by atoms with E-state index < -0.39 is 0 Å². The number of para-hydroxylation sites is 1. The summed E-state index contributed by atoms with van der Waals surface area (Å²) in [4.78, 5) is 29.4. The Balaban J connectivity index is 1.41. The van der Waals surface area contributed by atoms with Gasteiger partial charge in [-0.1, -0.05) is 72.8 Å². The van der Waals surface area contributed by atoms with Gasteiger partial charge in [-0.05, 0) is 29.7 Å². The first kappa shape index (κ1) is 23.5. The van der Waals surface area contributed by atoms with Crippen molar-refractivity contribution in [3.05, 3.63) is 108 Å². The number of hydrogen-bond acceptors (Lipinski definition) is 3. The fourth-order valence-electron chi connectivity index (χ4n) is 4.99. The first-order chi connectivity index (χ1) is 17.5. The Hall–Kier alpha value is -4.19. The molecular weight excluding hydrogens is 448 g/mol. The summed E-state index contributed by atoms with van der Waals surface area (Å²) < 4.78 is 1.87. The van der Waals surface area contributed by atoms with E-state index in [1.165, 1.54) is 5.56 Å². The molecule has 0 spiro atoms. The standard InChI is InChI=1S/C30H30N4O2/c1-22(35)33-18-17-23-11-9-10-16-27(23)28(33)19-29(36)32(2)20-25-21-34(26-14-7-4-8-15-26)31-30(25)24-12-5-3-6-13-24/h3-16,21,28H,17-20H2,1-2H3. The quantitative estimate of drug-likeness (QED) is 0.390. The number of hydrogen-bond donors (Lipinski definition) is 0. The van der Waals surface area contributed by atoms with Gasteiger partial charge >= 0.3 is 0 Å². The van der Waals surface area contributed by atoms with Crippen molar-refractivity contribution < 1.29 is 9.59 Å². The van der Waals surface area contributed by atoms with E-state index in [-0.39, 0.29) is 24.3 Å². The number of rotatable bonds is 6. The molecule has 1 aromatic heterocycles. The molecule has 182 valence electrons. The molecule has 1 aliphatic heterocycles. The number of fused-ring (bicyclic) bond motifs is 1. The zero-order chi connectivity index (χ0) is 25.1. The van der Waals surface area contributed by atoms with Crippen LogP contribution in [-0.4, -0.2) is 45.0 Å². The van der Waals surface area contributed by atoms with E-state index in [0.29, 0.717) is 13.1 Å². The van der Waals surface area contributed by atoms with Gasteiger partial charge in [-0.3, -0.25) is 9.59 Å². The average Bonchev–Trinajstić information content (AvgIpc) is 3.33. The van der Waals surface area contributed by atoms with Crippen LogP contribution in [0.25, 0.3) is 16.9 Å². The van der Waals surface area contributed by atoms with Crippen LogP contribution >= 0.6 is 0 Å². The molecule has 0 N–H and O–H groups in total. The second-order valence-electron chi connectivity index (χ2n) is 9.28. The van der Waals surface area contributed by atoms with E-state index in [9.17, 15) is 9.59 Å². The fourth-order valence-corrected chi connectivity index (χ4v) is 4.99. The SMILES string of the molecule is CC(=O)N1CCc2ccccc2C1CC(=O)N(C)Cc1cn(-c2ccccc2)nc1-c1ccccc1. The average molecular weight is 479 g/mol. The van der Waals surface area contributed by atoms with Crippen LogP contribution in [0.15, 0.2) is 91.1 Å². The lowest BCUT2D eigenvalue weighted by atomic mass is 9.90. The van der Waals surface area contributed by atoms with Gasteiger partial charge < -0.3 is 9.80 Å². The summed E-state index contributed by atoms with van der Waals surface area (Å²) in [7, 11) is 1.82. The van der Waals surface area contributed by atoms with Gasteiger partial charge in [0.1, 0.15) is 0 Å². The summed E-state index contributed by atoms with van der Waals surface area (Å²) in [6.07, 6.45) is 3.06. The first-order valence-corrected chi connectivity index (χ1v) is 12.3. The summed E-state index contributed by atoms with van der Waals surface area (Å²) >= 11 is 0. The highest BCUT2D eigenvalue weighted by Crippen LogP contribution is 2.33. The molecule has 0 bridgehead atoms. The molecule has 5 rings (SSSR count). The smallest absolute Gasteiger partial charge is 0.225 e. The summed E-state index contributed by atoms with van der Waals surface area (Å²) in [5, 5.41) is 4.87.